The van der Waals surface area contributed by atoms with Crippen molar-refractivity contribution in [2.45, 2.75) is 26.1 Å². The quantitative estimate of drug-likeness (QED) is 0.356. The summed E-state index contributed by atoms with van der Waals surface area (Å²) >= 11 is 0. The highest BCUT2D eigenvalue weighted by molar-refractivity contribution is 5.75. The fraction of sp³-hybridized carbons (Fsp3) is 0.294. The van der Waals surface area contributed by atoms with Gasteiger partial charge in [-0.05, 0) is 43.7 Å². The summed E-state index contributed by atoms with van der Waals surface area (Å²) in [5.74, 6) is 5.92. The number of hydrogen-bond donors (Lipinski definition) is 4. The summed E-state index contributed by atoms with van der Waals surface area (Å²) in [6, 6.07) is 13.6. The first-order valence-corrected chi connectivity index (χ1v) is 7.46. The Labute approximate surface area is 136 Å². The molecule has 6 N–H and O–H groups in total. The number of nitrogen functional groups attached to an aromatic ring is 1. The lowest BCUT2D eigenvalue weighted by Gasteiger charge is -2.20. The van der Waals surface area contributed by atoms with Gasteiger partial charge < -0.3 is 15.8 Å². The van der Waals surface area contributed by atoms with E-state index < -0.39 is 0 Å². The summed E-state index contributed by atoms with van der Waals surface area (Å²) in [4.78, 5) is 4.73. The second kappa shape index (κ2) is 7.82. The lowest BCUT2D eigenvalue weighted by Crippen LogP contribution is -2.33. The number of nitrogens with one attached hydrogen (secondary N) is 2. The third-order valence-corrected chi connectivity index (χ3v) is 3.64. The van der Waals surface area contributed by atoms with Gasteiger partial charge in [0.2, 0.25) is 0 Å². The SMILES string of the molecule is COc1ccccc1Nc1ccc(C(C)NC(C)ON)cc1N. The van der Waals surface area contributed by atoms with Gasteiger partial charge in [0.05, 0.1) is 24.2 Å². The largest absolute Gasteiger partial charge is 0.495 e. The van der Waals surface area contributed by atoms with Crippen LogP contribution in [0.1, 0.15) is 25.5 Å². The van der Waals surface area contributed by atoms with Crippen LogP contribution in [0.3, 0.4) is 0 Å². The van der Waals surface area contributed by atoms with Gasteiger partial charge in [-0.15, -0.1) is 0 Å². The van der Waals surface area contributed by atoms with E-state index in [1.54, 1.807) is 7.11 Å². The zero-order valence-electron chi connectivity index (χ0n) is 13.7. The summed E-state index contributed by atoms with van der Waals surface area (Å²) < 4.78 is 5.34. The van der Waals surface area contributed by atoms with E-state index >= 15 is 0 Å². The van der Waals surface area contributed by atoms with Crippen LogP contribution in [0.4, 0.5) is 17.1 Å². The fourth-order valence-electron chi connectivity index (χ4n) is 2.34. The molecule has 2 rings (SSSR count). The molecule has 6 heteroatoms. The van der Waals surface area contributed by atoms with Crippen molar-refractivity contribution >= 4 is 17.1 Å². The molecule has 0 aromatic heterocycles. The molecule has 2 aromatic rings. The van der Waals surface area contributed by atoms with Crippen molar-refractivity contribution in [3.8, 4) is 5.75 Å². The van der Waals surface area contributed by atoms with E-state index in [0.29, 0.717) is 5.69 Å². The van der Waals surface area contributed by atoms with Gasteiger partial charge in [-0.2, -0.15) is 0 Å². The molecule has 0 saturated carbocycles. The third kappa shape index (κ3) is 4.35. The van der Waals surface area contributed by atoms with Crippen LogP contribution in [0, 0.1) is 0 Å². The molecule has 2 atom stereocenters. The smallest absolute Gasteiger partial charge is 0.142 e. The molecule has 0 aliphatic rings. The first-order valence-electron chi connectivity index (χ1n) is 7.46. The normalized spacial score (nSPS) is 13.4. The lowest BCUT2D eigenvalue weighted by molar-refractivity contribution is 0.0351. The number of benzene rings is 2. The molecule has 0 fully saturated rings. The van der Waals surface area contributed by atoms with Gasteiger partial charge >= 0.3 is 0 Å². The Hall–Kier alpha value is -2.28. The van der Waals surface area contributed by atoms with Crippen molar-refractivity contribution < 1.29 is 9.57 Å². The fourth-order valence-corrected chi connectivity index (χ4v) is 2.34. The van der Waals surface area contributed by atoms with Crippen LogP contribution >= 0.6 is 0 Å². The van der Waals surface area contributed by atoms with Crippen LogP contribution in [0.25, 0.3) is 0 Å². The molecule has 2 unspecified atom stereocenters. The zero-order valence-corrected chi connectivity index (χ0v) is 13.7. The maximum absolute atomic E-state index is 6.17. The Balaban J connectivity index is 2.16. The van der Waals surface area contributed by atoms with Gasteiger partial charge in [0.25, 0.3) is 0 Å². The number of nitrogens with two attached hydrogens (primary N) is 2. The number of rotatable bonds is 7. The highest BCUT2D eigenvalue weighted by Gasteiger charge is 2.11. The van der Waals surface area contributed by atoms with Crippen LogP contribution < -0.4 is 27.0 Å². The molecule has 23 heavy (non-hydrogen) atoms. The molecule has 6 nitrogen and oxygen atoms in total. The minimum absolute atomic E-state index is 0.0659. The maximum atomic E-state index is 6.17. The number of ether oxygens (including phenoxy) is 1. The molecule has 2 aromatic carbocycles. The summed E-state index contributed by atoms with van der Waals surface area (Å²) in [5, 5.41) is 6.51. The zero-order chi connectivity index (χ0) is 16.8. The van der Waals surface area contributed by atoms with Crippen molar-refractivity contribution in [1.29, 1.82) is 0 Å². The second-order valence-electron chi connectivity index (χ2n) is 5.34. The van der Waals surface area contributed by atoms with Crippen molar-refractivity contribution in [1.82, 2.24) is 5.32 Å². The Bertz CT molecular complexity index is 648. The van der Waals surface area contributed by atoms with Crippen LogP contribution in [0.2, 0.25) is 0 Å². The minimum atomic E-state index is -0.238. The lowest BCUT2D eigenvalue weighted by atomic mass is 10.1. The molecule has 0 amide bonds. The minimum Gasteiger partial charge on any atom is -0.495 e. The molecule has 124 valence electrons. The van der Waals surface area contributed by atoms with Crippen LogP contribution in [-0.2, 0) is 4.84 Å². The van der Waals surface area contributed by atoms with Crippen molar-refractivity contribution in [3.63, 3.8) is 0 Å². The van der Waals surface area contributed by atoms with Gasteiger partial charge in [0, 0.05) is 6.04 Å². The van der Waals surface area contributed by atoms with E-state index in [-0.39, 0.29) is 12.3 Å². The Morgan fingerprint density at radius 1 is 1.04 bits per heavy atom. The molecule has 0 aliphatic carbocycles. The first kappa shape index (κ1) is 17.1. The second-order valence-corrected chi connectivity index (χ2v) is 5.34. The summed E-state index contributed by atoms with van der Waals surface area (Å²) in [6.07, 6.45) is -0.238. The molecule has 0 heterocycles. The van der Waals surface area contributed by atoms with Gasteiger partial charge in [0.1, 0.15) is 12.0 Å². The van der Waals surface area contributed by atoms with Gasteiger partial charge in [-0.25, -0.2) is 5.90 Å². The van der Waals surface area contributed by atoms with Crippen molar-refractivity contribution in [3.05, 3.63) is 48.0 Å². The van der Waals surface area contributed by atoms with Crippen LogP contribution in [0.15, 0.2) is 42.5 Å². The monoisotopic (exact) mass is 316 g/mol. The number of anilines is 3. The van der Waals surface area contributed by atoms with Gasteiger partial charge in [-0.3, -0.25) is 10.2 Å². The van der Waals surface area contributed by atoms with Gasteiger partial charge in [0.15, 0.2) is 0 Å². The van der Waals surface area contributed by atoms with E-state index in [1.807, 2.05) is 56.3 Å². The van der Waals surface area contributed by atoms with Gasteiger partial charge in [-0.1, -0.05) is 18.2 Å². The van der Waals surface area contributed by atoms with Crippen LogP contribution in [-0.4, -0.2) is 13.3 Å². The van der Waals surface area contributed by atoms with E-state index in [1.165, 1.54) is 0 Å². The molecule has 0 aliphatic heterocycles. The first-order chi connectivity index (χ1) is 11.0. The molecular weight excluding hydrogens is 292 g/mol. The number of para-hydroxylation sites is 2. The predicted molar refractivity (Wildman–Crippen MR) is 93.4 cm³/mol. The highest BCUT2D eigenvalue weighted by Crippen LogP contribution is 2.31. The average molecular weight is 316 g/mol. The Morgan fingerprint density at radius 2 is 1.78 bits per heavy atom. The summed E-state index contributed by atoms with van der Waals surface area (Å²) in [6.45, 7) is 3.87. The van der Waals surface area contributed by atoms with E-state index in [4.69, 9.17) is 21.2 Å². The molecular formula is C17H24N4O2. The molecule has 0 saturated heterocycles. The maximum Gasteiger partial charge on any atom is 0.142 e. The van der Waals surface area contributed by atoms with E-state index in [0.717, 1.165) is 22.7 Å². The topological polar surface area (TPSA) is 94.6 Å². The Kier molecular flexibility index (Phi) is 5.81. The predicted octanol–water partition coefficient (Wildman–Crippen LogP) is 2.91. The summed E-state index contributed by atoms with van der Waals surface area (Å²) in [7, 11) is 1.64. The van der Waals surface area contributed by atoms with Crippen molar-refractivity contribution in [2.75, 3.05) is 18.2 Å². The van der Waals surface area contributed by atoms with E-state index in [2.05, 4.69) is 10.6 Å². The molecule has 0 bridgehead atoms. The standard InChI is InChI=1S/C17H24N4O2/c1-11(20-12(2)23-19)13-8-9-15(14(18)10-13)21-16-6-4-5-7-17(16)22-3/h4-12,20-21H,18-19H2,1-3H3. The summed E-state index contributed by atoms with van der Waals surface area (Å²) in [5.41, 5.74) is 9.58. The molecule has 0 radical (unpaired) electrons. The number of hydrogen-bond acceptors (Lipinski definition) is 6. The third-order valence-electron chi connectivity index (χ3n) is 3.64. The van der Waals surface area contributed by atoms with Crippen molar-refractivity contribution in [2.24, 2.45) is 5.90 Å². The molecule has 0 spiro atoms. The van der Waals surface area contributed by atoms with E-state index in [9.17, 15) is 0 Å². The highest BCUT2D eigenvalue weighted by atomic mass is 16.6. The average Bonchev–Trinajstić information content (AvgIpc) is 2.56. The van der Waals surface area contributed by atoms with Crippen LogP contribution in [0.5, 0.6) is 5.75 Å². The Morgan fingerprint density at radius 3 is 2.43 bits per heavy atom. The number of methoxy groups -OCH3 is 1.